The third-order valence-corrected chi connectivity index (χ3v) is 2.15. The van der Waals surface area contributed by atoms with Crippen molar-refractivity contribution in [3.05, 3.63) is 0 Å². The van der Waals surface area contributed by atoms with Gasteiger partial charge < -0.3 is 10.1 Å². The SMILES string of the molecule is CC(C)OC(=O)C(CC(=O)NC(C)(C)C)NC(C)(C)C. The molecule has 0 radical (unpaired) electrons. The molecule has 0 aromatic rings. The number of rotatable bonds is 5. The minimum atomic E-state index is -0.639. The van der Waals surface area contributed by atoms with Gasteiger partial charge in [-0.05, 0) is 55.4 Å². The van der Waals surface area contributed by atoms with Crippen LogP contribution in [0.15, 0.2) is 0 Å². The maximum Gasteiger partial charge on any atom is 0.323 e. The Labute approximate surface area is 122 Å². The number of ether oxygens (including phenoxy) is 1. The summed E-state index contributed by atoms with van der Waals surface area (Å²) < 4.78 is 5.21. The predicted molar refractivity (Wildman–Crippen MR) is 80.4 cm³/mol. The number of nitrogens with one attached hydrogen (secondary N) is 2. The number of esters is 1. The number of carbonyl (C=O) groups is 2. The first kappa shape index (κ1) is 18.9. The lowest BCUT2D eigenvalue weighted by Gasteiger charge is -2.28. The second-order valence-electron chi connectivity index (χ2n) is 7.43. The maximum atomic E-state index is 12.1. The van der Waals surface area contributed by atoms with Crippen molar-refractivity contribution < 1.29 is 14.3 Å². The normalized spacial score (nSPS) is 14.1. The summed E-state index contributed by atoms with van der Waals surface area (Å²) in [5.74, 6) is -0.557. The average Bonchev–Trinajstić information content (AvgIpc) is 2.09. The van der Waals surface area contributed by atoms with Gasteiger partial charge in [-0.3, -0.25) is 14.9 Å². The Morgan fingerprint density at radius 1 is 1.00 bits per heavy atom. The first-order valence-corrected chi connectivity index (χ1v) is 7.09. The molecule has 0 saturated carbocycles. The predicted octanol–water partition coefficient (Wildman–Crippen LogP) is 2.00. The molecule has 0 fully saturated rings. The van der Waals surface area contributed by atoms with Gasteiger partial charge in [-0.25, -0.2) is 0 Å². The Kier molecular flexibility index (Phi) is 6.68. The molecule has 0 aromatic heterocycles. The molecule has 0 aliphatic rings. The van der Waals surface area contributed by atoms with Gasteiger partial charge in [0.15, 0.2) is 0 Å². The Hall–Kier alpha value is -1.10. The molecule has 20 heavy (non-hydrogen) atoms. The van der Waals surface area contributed by atoms with Crippen LogP contribution in [0.5, 0.6) is 0 Å². The summed E-state index contributed by atoms with van der Waals surface area (Å²) in [5, 5.41) is 6.00. The van der Waals surface area contributed by atoms with Gasteiger partial charge in [-0.2, -0.15) is 0 Å². The van der Waals surface area contributed by atoms with Crippen molar-refractivity contribution in [2.45, 2.75) is 85.0 Å². The minimum absolute atomic E-state index is 0.0695. The van der Waals surface area contributed by atoms with E-state index in [9.17, 15) is 9.59 Å². The van der Waals surface area contributed by atoms with Crippen LogP contribution in [0.4, 0.5) is 0 Å². The molecule has 1 atom stereocenters. The monoisotopic (exact) mass is 286 g/mol. The van der Waals surface area contributed by atoms with E-state index < -0.39 is 6.04 Å². The fraction of sp³-hybridized carbons (Fsp3) is 0.867. The molecule has 1 amide bonds. The zero-order valence-electron chi connectivity index (χ0n) is 14.1. The van der Waals surface area contributed by atoms with Gasteiger partial charge in [0.2, 0.25) is 5.91 Å². The van der Waals surface area contributed by atoms with Gasteiger partial charge in [0.1, 0.15) is 6.04 Å². The Bertz CT molecular complexity index is 338. The topological polar surface area (TPSA) is 67.4 Å². The van der Waals surface area contributed by atoms with Crippen molar-refractivity contribution in [2.75, 3.05) is 0 Å². The largest absolute Gasteiger partial charge is 0.462 e. The summed E-state index contributed by atoms with van der Waals surface area (Å²) in [7, 11) is 0. The van der Waals surface area contributed by atoms with Crippen LogP contribution in [0.1, 0.15) is 61.8 Å². The standard InChI is InChI=1S/C15H30N2O3/c1-10(2)20-13(19)11(16-14(3,4)5)9-12(18)17-15(6,7)8/h10-11,16H,9H2,1-8H3,(H,17,18). The lowest BCUT2D eigenvalue weighted by atomic mass is 10.0. The van der Waals surface area contributed by atoms with Crippen molar-refractivity contribution >= 4 is 11.9 Å². The molecule has 2 N–H and O–H groups in total. The van der Waals surface area contributed by atoms with Crippen LogP contribution < -0.4 is 10.6 Å². The van der Waals surface area contributed by atoms with Gasteiger partial charge in [-0.15, -0.1) is 0 Å². The highest BCUT2D eigenvalue weighted by Crippen LogP contribution is 2.08. The zero-order chi connectivity index (χ0) is 16.1. The van der Waals surface area contributed by atoms with E-state index >= 15 is 0 Å². The van der Waals surface area contributed by atoms with Crippen molar-refractivity contribution in [1.29, 1.82) is 0 Å². The Balaban J connectivity index is 4.77. The first-order chi connectivity index (χ1) is 8.80. The lowest BCUT2D eigenvalue weighted by molar-refractivity contribution is -0.152. The maximum absolute atomic E-state index is 12.1. The van der Waals surface area contributed by atoms with E-state index in [2.05, 4.69) is 10.6 Å². The quantitative estimate of drug-likeness (QED) is 0.759. The smallest absolute Gasteiger partial charge is 0.323 e. The molecule has 0 aliphatic carbocycles. The molecule has 0 rings (SSSR count). The van der Waals surface area contributed by atoms with Crippen LogP contribution in [-0.2, 0) is 14.3 Å². The summed E-state index contributed by atoms with van der Waals surface area (Å²) in [6.07, 6.45) is -0.127. The summed E-state index contributed by atoms with van der Waals surface area (Å²) in [6.45, 7) is 15.2. The van der Waals surface area contributed by atoms with E-state index in [1.165, 1.54) is 0 Å². The second-order valence-corrected chi connectivity index (χ2v) is 7.43. The van der Waals surface area contributed by atoms with Crippen molar-refractivity contribution in [2.24, 2.45) is 0 Å². The summed E-state index contributed by atoms with van der Waals surface area (Å²) in [4.78, 5) is 24.1. The Morgan fingerprint density at radius 2 is 1.50 bits per heavy atom. The van der Waals surface area contributed by atoms with Gasteiger partial charge in [-0.1, -0.05) is 0 Å². The van der Waals surface area contributed by atoms with Gasteiger partial charge in [0.25, 0.3) is 0 Å². The van der Waals surface area contributed by atoms with E-state index in [4.69, 9.17) is 4.74 Å². The molecule has 0 aliphatic heterocycles. The van der Waals surface area contributed by atoms with Gasteiger partial charge >= 0.3 is 5.97 Å². The third kappa shape index (κ3) is 9.78. The summed E-state index contributed by atoms with van der Waals surface area (Å²) >= 11 is 0. The number of hydrogen-bond donors (Lipinski definition) is 2. The molecule has 0 saturated heterocycles. The molecular formula is C15H30N2O3. The third-order valence-electron chi connectivity index (χ3n) is 2.15. The second kappa shape index (κ2) is 7.07. The van der Waals surface area contributed by atoms with Crippen molar-refractivity contribution in [3.63, 3.8) is 0 Å². The molecule has 5 heteroatoms. The Morgan fingerprint density at radius 3 is 1.85 bits per heavy atom. The summed E-state index contributed by atoms with van der Waals surface area (Å²) in [6, 6.07) is -0.639. The molecule has 0 spiro atoms. The van der Waals surface area contributed by atoms with E-state index in [0.717, 1.165) is 0 Å². The first-order valence-electron chi connectivity index (χ1n) is 7.09. The van der Waals surface area contributed by atoms with E-state index in [-0.39, 0.29) is 35.5 Å². The van der Waals surface area contributed by atoms with Gasteiger partial charge in [0, 0.05) is 11.1 Å². The van der Waals surface area contributed by atoms with Gasteiger partial charge in [0.05, 0.1) is 12.5 Å². The molecule has 5 nitrogen and oxygen atoms in total. The summed E-state index contributed by atoms with van der Waals surface area (Å²) in [5.41, 5.74) is -0.589. The van der Waals surface area contributed by atoms with Crippen molar-refractivity contribution in [1.82, 2.24) is 10.6 Å². The highest BCUT2D eigenvalue weighted by molar-refractivity contribution is 5.85. The van der Waals surface area contributed by atoms with Crippen LogP contribution in [0, 0.1) is 0 Å². The average molecular weight is 286 g/mol. The van der Waals surface area contributed by atoms with Crippen molar-refractivity contribution in [3.8, 4) is 0 Å². The number of hydrogen-bond acceptors (Lipinski definition) is 4. The molecular weight excluding hydrogens is 256 g/mol. The zero-order valence-corrected chi connectivity index (χ0v) is 14.1. The van der Waals surface area contributed by atoms with Crippen LogP contribution in [0.3, 0.4) is 0 Å². The van der Waals surface area contributed by atoms with E-state index in [0.29, 0.717) is 0 Å². The molecule has 0 aromatic carbocycles. The van der Waals surface area contributed by atoms with Crippen LogP contribution >= 0.6 is 0 Å². The highest BCUT2D eigenvalue weighted by atomic mass is 16.5. The molecule has 118 valence electrons. The molecule has 1 unspecified atom stereocenters. The molecule has 0 bridgehead atoms. The highest BCUT2D eigenvalue weighted by Gasteiger charge is 2.29. The van der Waals surface area contributed by atoms with E-state index in [1.807, 2.05) is 41.5 Å². The number of amides is 1. The van der Waals surface area contributed by atoms with Crippen LogP contribution in [-0.4, -0.2) is 35.1 Å². The number of carbonyl (C=O) groups excluding carboxylic acids is 2. The minimum Gasteiger partial charge on any atom is -0.462 e. The van der Waals surface area contributed by atoms with Crippen LogP contribution in [0.2, 0.25) is 0 Å². The van der Waals surface area contributed by atoms with E-state index in [1.54, 1.807) is 13.8 Å². The molecule has 0 heterocycles. The fourth-order valence-corrected chi connectivity index (χ4v) is 1.69. The van der Waals surface area contributed by atoms with Crippen LogP contribution in [0.25, 0.3) is 0 Å². The lowest BCUT2D eigenvalue weighted by Crippen LogP contribution is -2.52. The fourth-order valence-electron chi connectivity index (χ4n) is 1.69.